The molecule has 0 unspecified atom stereocenters. The van der Waals surface area contributed by atoms with Crippen LogP contribution in [0.5, 0.6) is 0 Å². The Hall–Kier alpha value is -1.81. The van der Waals surface area contributed by atoms with Gasteiger partial charge < -0.3 is 10.6 Å². The van der Waals surface area contributed by atoms with Crippen LogP contribution in [-0.2, 0) is 13.1 Å². The van der Waals surface area contributed by atoms with Gasteiger partial charge in [0.2, 0.25) is 0 Å². The van der Waals surface area contributed by atoms with E-state index >= 15 is 0 Å². The number of likely N-dealkylation sites (N-methyl/N-ethyl adjacent to an activating group) is 1. The number of nitrogens with two attached hydrogens (primary N) is 1. The highest BCUT2D eigenvalue weighted by Crippen LogP contribution is 2.12. The van der Waals surface area contributed by atoms with Crippen LogP contribution in [0.15, 0.2) is 42.7 Å². The Morgan fingerprint density at radius 1 is 1.29 bits per heavy atom. The largest absolute Gasteiger partial charge is 0.398 e. The molecule has 4 heteroatoms. The lowest BCUT2D eigenvalue weighted by atomic mass is 10.2. The fraction of sp³-hybridized carbons (Fsp3) is 0.308. The molecule has 0 bridgehead atoms. The third kappa shape index (κ3) is 3.32. The first-order valence-corrected chi connectivity index (χ1v) is 5.75. The first-order chi connectivity index (χ1) is 8.25. The zero-order valence-corrected chi connectivity index (χ0v) is 10.1. The van der Waals surface area contributed by atoms with E-state index in [2.05, 4.69) is 23.1 Å². The molecule has 2 N–H and O–H groups in total. The van der Waals surface area contributed by atoms with Gasteiger partial charge >= 0.3 is 0 Å². The summed E-state index contributed by atoms with van der Waals surface area (Å²) in [7, 11) is 2.09. The van der Waals surface area contributed by atoms with Gasteiger partial charge in [-0.25, -0.2) is 0 Å². The van der Waals surface area contributed by atoms with Crippen molar-refractivity contribution in [3.63, 3.8) is 0 Å². The van der Waals surface area contributed by atoms with Crippen LogP contribution in [0.3, 0.4) is 0 Å². The first-order valence-electron chi connectivity index (χ1n) is 5.75. The molecule has 0 atom stereocenters. The van der Waals surface area contributed by atoms with E-state index < -0.39 is 0 Å². The summed E-state index contributed by atoms with van der Waals surface area (Å²) in [6, 6.07) is 9.93. The van der Waals surface area contributed by atoms with Crippen LogP contribution in [0.25, 0.3) is 0 Å². The van der Waals surface area contributed by atoms with E-state index in [0.717, 1.165) is 25.3 Å². The fourth-order valence-electron chi connectivity index (χ4n) is 1.75. The Balaban J connectivity index is 1.85. The number of aromatic nitrogens is 2. The molecule has 0 aliphatic heterocycles. The average Bonchev–Trinajstić information content (AvgIpc) is 2.82. The van der Waals surface area contributed by atoms with Crippen LogP contribution in [-0.4, -0.2) is 28.3 Å². The van der Waals surface area contributed by atoms with E-state index in [4.69, 9.17) is 5.73 Å². The van der Waals surface area contributed by atoms with Crippen molar-refractivity contribution in [3.8, 4) is 0 Å². The lowest BCUT2D eigenvalue weighted by Crippen LogP contribution is -2.23. The Kier molecular flexibility index (Phi) is 3.77. The Labute approximate surface area is 102 Å². The molecule has 2 rings (SSSR count). The maximum atomic E-state index is 5.92. The van der Waals surface area contributed by atoms with Crippen LogP contribution in [0.2, 0.25) is 0 Å². The minimum Gasteiger partial charge on any atom is -0.398 e. The Morgan fingerprint density at radius 2 is 2.12 bits per heavy atom. The van der Waals surface area contributed by atoms with E-state index in [1.165, 1.54) is 5.56 Å². The van der Waals surface area contributed by atoms with Crippen LogP contribution in [0, 0.1) is 0 Å². The average molecular weight is 230 g/mol. The van der Waals surface area contributed by atoms with E-state index in [1.807, 2.05) is 35.1 Å². The van der Waals surface area contributed by atoms with Crippen LogP contribution < -0.4 is 5.73 Å². The number of hydrogen-bond acceptors (Lipinski definition) is 3. The zero-order valence-electron chi connectivity index (χ0n) is 10.1. The molecule has 90 valence electrons. The van der Waals surface area contributed by atoms with Crippen molar-refractivity contribution in [1.82, 2.24) is 14.7 Å². The van der Waals surface area contributed by atoms with Crippen molar-refractivity contribution in [3.05, 3.63) is 48.3 Å². The SMILES string of the molecule is CN(CCn1cccn1)Cc1ccccc1N. The van der Waals surface area contributed by atoms with Gasteiger partial charge in [-0.1, -0.05) is 18.2 Å². The lowest BCUT2D eigenvalue weighted by Gasteiger charge is -2.17. The summed E-state index contributed by atoms with van der Waals surface area (Å²) in [6.45, 7) is 2.72. The number of rotatable bonds is 5. The summed E-state index contributed by atoms with van der Waals surface area (Å²) in [5.41, 5.74) is 7.95. The zero-order chi connectivity index (χ0) is 12.1. The quantitative estimate of drug-likeness (QED) is 0.794. The highest BCUT2D eigenvalue weighted by Gasteiger charge is 2.03. The van der Waals surface area contributed by atoms with Crippen molar-refractivity contribution in [2.24, 2.45) is 0 Å². The molecule has 0 saturated heterocycles. The second kappa shape index (κ2) is 5.50. The van der Waals surface area contributed by atoms with E-state index in [-0.39, 0.29) is 0 Å². The topological polar surface area (TPSA) is 47.1 Å². The molecule has 4 nitrogen and oxygen atoms in total. The van der Waals surface area contributed by atoms with Gasteiger partial charge in [-0.3, -0.25) is 4.68 Å². The van der Waals surface area contributed by atoms with E-state index in [1.54, 1.807) is 6.20 Å². The standard InChI is InChI=1S/C13H18N4/c1-16(9-10-17-8-4-7-15-17)11-12-5-2-3-6-13(12)14/h2-8H,9-11,14H2,1H3. The highest BCUT2D eigenvalue weighted by atomic mass is 15.3. The summed E-state index contributed by atoms with van der Waals surface area (Å²) >= 11 is 0. The molecule has 17 heavy (non-hydrogen) atoms. The molecule has 0 amide bonds. The minimum absolute atomic E-state index is 0.860. The maximum absolute atomic E-state index is 5.92. The third-order valence-corrected chi connectivity index (χ3v) is 2.77. The number of benzene rings is 1. The summed E-state index contributed by atoms with van der Waals surface area (Å²) in [6.07, 6.45) is 3.78. The lowest BCUT2D eigenvalue weighted by molar-refractivity contribution is 0.305. The van der Waals surface area contributed by atoms with Crippen molar-refractivity contribution in [1.29, 1.82) is 0 Å². The van der Waals surface area contributed by atoms with Gasteiger partial charge in [0.25, 0.3) is 0 Å². The minimum atomic E-state index is 0.860. The monoisotopic (exact) mass is 230 g/mol. The van der Waals surface area contributed by atoms with Gasteiger partial charge in [0, 0.05) is 31.2 Å². The van der Waals surface area contributed by atoms with Crippen molar-refractivity contribution in [2.75, 3.05) is 19.3 Å². The number of nitrogens with zero attached hydrogens (tertiary/aromatic N) is 3. The number of hydrogen-bond donors (Lipinski definition) is 1. The highest BCUT2D eigenvalue weighted by molar-refractivity contribution is 5.46. The molecule has 0 spiro atoms. The van der Waals surface area contributed by atoms with Crippen molar-refractivity contribution < 1.29 is 0 Å². The normalized spacial score (nSPS) is 10.9. The molecule has 1 aromatic heterocycles. The van der Waals surface area contributed by atoms with Crippen molar-refractivity contribution in [2.45, 2.75) is 13.1 Å². The molecule has 0 saturated carbocycles. The van der Waals surface area contributed by atoms with Crippen LogP contribution >= 0.6 is 0 Å². The molecule has 0 aliphatic carbocycles. The van der Waals surface area contributed by atoms with Gasteiger partial charge in [0.15, 0.2) is 0 Å². The summed E-state index contributed by atoms with van der Waals surface area (Å²) in [5.74, 6) is 0. The molecule has 0 aliphatic rings. The maximum Gasteiger partial charge on any atom is 0.0536 e. The molecular formula is C13H18N4. The first kappa shape index (κ1) is 11.7. The number of para-hydroxylation sites is 1. The van der Waals surface area contributed by atoms with Crippen LogP contribution in [0.4, 0.5) is 5.69 Å². The predicted octanol–water partition coefficient (Wildman–Crippen LogP) is 1.60. The van der Waals surface area contributed by atoms with E-state index in [9.17, 15) is 0 Å². The Bertz CT molecular complexity index is 450. The van der Waals surface area contributed by atoms with Crippen molar-refractivity contribution >= 4 is 5.69 Å². The van der Waals surface area contributed by atoms with Gasteiger partial charge in [-0.2, -0.15) is 5.10 Å². The molecule has 0 fully saturated rings. The molecule has 1 heterocycles. The van der Waals surface area contributed by atoms with Gasteiger partial charge in [-0.05, 0) is 24.7 Å². The van der Waals surface area contributed by atoms with Crippen LogP contribution in [0.1, 0.15) is 5.56 Å². The smallest absolute Gasteiger partial charge is 0.0536 e. The molecular weight excluding hydrogens is 212 g/mol. The number of anilines is 1. The number of nitrogen functional groups attached to an aromatic ring is 1. The van der Waals surface area contributed by atoms with E-state index in [0.29, 0.717) is 0 Å². The summed E-state index contributed by atoms with van der Waals surface area (Å²) < 4.78 is 1.94. The Morgan fingerprint density at radius 3 is 2.82 bits per heavy atom. The van der Waals surface area contributed by atoms with Gasteiger partial charge in [-0.15, -0.1) is 0 Å². The van der Waals surface area contributed by atoms with Gasteiger partial charge in [0.1, 0.15) is 0 Å². The summed E-state index contributed by atoms with van der Waals surface area (Å²) in [5, 5.41) is 4.18. The van der Waals surface area contributed by atoms with Gasteiger partial charge in [0.05, 0.1) is 6.54 Å². The molecule has 0 radical (unpaired) electrons. The second-order valence-electron chi connectivity index (χ2n) is 4.21. The predicted molar refractivity (Wildman–Crippen MR) is 69.4 cm³/mol. The summed E-state index contributed by atoms with van der Waals surface area (Å²) in [4.78, 5) is 2.24. The molecule has 2 aromatic rings. The second-order valence-corrected chi connectivity index (χ2v) is 4.21. The molecule has 1 aromatic carbocycles. The third-order valence-electron chi connectivity index (χ3n) is 2.77. The fourth-order valence-corrected chi connectivity index (χ4v) is 1.75.